The third-order valence-corrected chi connectivity index (χ3v) is 3.59. The first-order chi connectivity index (χ1) is 11.2. The van der Waals surface area contributed by atoms with Crippen LogP contribution in [0.4, 0.5) is 5.69 Å². The number of carbonyl (C=O) groups excluding carboxylic acids is 1. The number of anilines is 1. The molecule has 1 amide bonds. The lowest BCUT2D eigenvalue weighted by molar-refractivity contribution is -0.114. The molecule has 1 aliphatic rings. The second-order valence-corrected chi connectivity index (χ2v) is 5.13. The van der Waals surface area contributed by atoms with Gasteiger partial charge in [0.1, 0.15) is 5.65 Å². The van der Waals surface area contributed by atoms with Gasteiger partial charge in [-0.05, 0) is 30.3 Å². The molecule has 0 saturated heterocycles. The molecule has 0 saturated carbocycles. The number of benzene rings is 1. The summed E-state index contributed by atoms with van der Waals surface area (Å²) in [5.74, 6) is 1.22. The Morgan fingerprint density at radius 1 is 1.22 bits per heavy atom. The van der Waals surface area contributed by atoms with Gasteiger partial charge in [0, 0.05) is 18.0 Å². The van der Waals surface area contributed by atoms with Crippen molar-refractivity contribution < 1.29 is 14.3 Å². The summed E-state index contributed by atoms with van der Waals surface area (Å²) >= 11 is 0. The summed E-state index contributed by atoms with van der Waals surface area (Å²) in [6, 6.07) is 9.34. The number of imidazole rings is 1. The van der Waals surface area contributed by atoms with E-state index in [2.05, 4.69) is 10.3 Å². The Balaban J connectivity index is 1.70. The molecule has 3 heterocycles. The molecule has 1 aromatic carbocycles. The van der Waals surface area contributed by atoms with Crippen molar-refractivity contribution in [3.05, 3.63) is 42.7 Å². The normalized spacial score (nSPS) is 12.6. The van der Waals surface area contributed by atoms with Gasteiger partial charge >= 0.3 is 0 Å². The maximum atomic E-state index is 11.4. The van der Waals surface area contributed by atoms with Gasteiger partial charge in [-0.15, -0.1) is 0 Å². The van der Waals surface area contributed by atoms with E-state index in [0.29, 0.717) is 5.69 Å². The zero-order valence-electron chi connectivity index (χ0n) is 12.2. The number of hydrogen-bond acceptors (Lipinski definition) is 5. The van der Waals surface area contributed by atoms with Gasteiger partial charge in [0.05, 0.1) is 17.9 Å². The number of nitrogens with zero attached hydrogens (tertiary/aromatic N) is 2. The Morgan fingerprint density at radius 2 is 2.09 bits per heavy atom. The molecule has 3 N–H and O–H groups in total. The summed E-state index contributed by atoms with van der Waals surface area (Å²) < 4.78 is 12.6. The van der Waals surface area contributed by atoms with Crippen LogP contribution in [0.25, 0.3) is 16.9 Å². The van der Waals surface area contributed by atoms with Crippen LogP contribution >= 0.6 is 0 Å². The molecule has 0 radical (unpaired) electrons. The largest absolute Gasteiger partial charge is 0.454 e. The molecular weight excluding hydrogens is 296 g/mol. The lowest BCUT2D eigenvalue weighted by Crippen LogP contribution is -2.21. The van der Waals surface area contributed by atoms with E-state index in [1.807, 2.05) is 34.9 Å². The first-order valence-corrected chi connectivity index (χ1v) is 7.11. The summed E-state index contributed by atoms with van der Waals surface area (Å²) in [7, 11) is 0. The van der Waals surface area contributed by atoms with E-state index in [0.717, 1.165) is 28.4 Å². The molecule has 7 heteroatoms. The maximum absolute atomic E-state index is 11.4. The lowest BCUT2D eigenvalue weighted by Gasteiger charge is -2.03. The van der Waals surface area contributed by atoms with Crippen LogP contribution in [0.15, 0.2) is 42.7 Å². The van der Waals surface area contributed by atoms with E-state index in [1.165, 1.54) is 0 Å². The van der Waals surface area contributed by atoms with Crippen molar-refractivity contribution in [3.63, 3.8) is 0 Å². The molecule has 0 aliphatic carbocycles. The molecule has 1 aliphatic heterocycles. The van der Waals surface area contributed by atoms with E-state index in [4.69, 9.17) is 15.2 Å². The first-order valence-electron chi connectivity index (χ1n) is 7.11. The molecular formula is C16H14N4O3. The molecule has 23 heavy (non-hydrogen) atoms. The number of nitrogens with one attached hydrogen (secondary N) is 1. The van der Waals surface area contributed by atoms with Crippen molar-refractivity contribution in [1.29, 1.82) is 0 Å². The Labute approximate surface area is 131 Å². The molecule has 116 valence electrons. The van der Waals surface area contributed by atoms with Gasteiger partial charge in [0.2, 0.25) is 12.7 Å². The van der Waals surface area contributed by atoms with Crippen LogP contribution in [-0.4, -0.2) is 28.6 Å². The number of pyridine rings is 1. The van der Waals surface area contributed by atoms with Crippen LogP contribution in [0.1, 0.15) is 0 Å². The smallest absolute Gasteiger partial charge is 0.238 e. The lowest BCUT2D eigenvalue weighted by atomic mass is 10.1. The van der Waals surface area contributed by atoms with Crippen molar-refractivity contribution >= 4 is 17.2 Å². The highest BCUT2D eigenvalue weighted by Crippen LogP contribution is 2.35. The summed E-state index contributed by atoms with van der Waals surface area (Å²) in [5.41, 5.74) is 8.50. The average molecular weight is 310 g/mol. The van der Waals surface area contributed by atoms with Crippen LogP contribution in [-0.2, 0) is 4.79 Å². The minimum Gasteiger partial charge on any atom is -0.454 e. The zero-order chi connectivity index (χ0) is 15.8. The SMILES string of the molecule is NCC(=O)Nc1ccc2nc(-c3ccc4c(c3)OCO4)cn2c1. The molecule has 0 atom stereocenters. The highest BCUT2D eigenvalue weighted by molar-refractivity contribution is 5.92. The van der Waals surface area contributed by atoms with Gasteiger partial charge in [0.25, 0.3) is 0 Å². The average Bonchev–Trinajstić information content (AvgIpc) is 3.19. The minimum atomic E-state index is -0.236. The third kappa shape index (κ3) is 2.47. The number of nitrogens with two attached hydrogens (primary N) is 1. The topological polar surface area (TPSA) is 90.9 Å². The number of hydrogen-bond donors (Lipinski definition) is 2. The predicted molar refractivity (Wildman–Crippen MR) is 84.4 cm³/mol. The maximum Gasteiger partial charge on any atom is 0.238 e. The number of aromatic nitrogens is 2. The van der Waals surface area contributed by atoms with Crippen LogP contribution < -0.4 is 20.5 Å². The number of rotatable bonds is 3. The highest BCUT2D eigenvalue weighted by atomic mass is 16.7. The summed E-state index contributed by atoms with van der Waals surface area (Å²) in [6.07, 6.45) is 3.69. The van der Waals surface area contributed by atoms with Gasteiger partial charge in [0.15, 0.2) is 11.5 Å². The van der Waals surface area contributed by atoms with E-state index >= 15 is 0 Å². The molecule has 0 spiro atoms. The van der Waals surface area contributed by atoms with Crippen molar-refractivity contribution in [2.24, 2.45) is 5.73 Å². The Morgan fingerprint density at radius 3 is 2.96 bits per heavy atom. The van der Waals surface area contributed by atoms with E-state index in [-0.39, 0.29) is 19.2 Å². The van der Waals surface area contributed by atoms with E-state index < -0.39 is 0 Å². The zero-order valence-corrected chi connectivity index (χ0v) is 12.2. The monoisotopic (exact) mass is 310 g/mol. The van der Waals surface area contributed by atoms with Gasteiger partial charge in [-0.3, -0.25) is 4.79 Å². The molecule has 0 unspecified atom stereocenters. The standard InChI is InChI=1S/C16H14N4O3/c17-6-16(21)18-11-2-4-15-19-12(8-20(15)7-11)10-1-3-13-14(5-10)23-9-22-13/h1-5,7-8H,6,9,17H2,(H,18,21). The predicted octanol–water partition coefficient (Wildman–Crippen LogP) is 1.63. The third-order valence-electron chi connectivity index (χ3n) is 3.59. The summed E-state index contributed by atoms with van der Waals surface area (Å²) in [4.78, 5) is 15.9. The first kappa shape index (κ1) is 13.6. The van der Waals surface area contributed by atoms with Crippen molar-refractivity contribution in [3.8, 4) is 22.8 Å². The van der Waals surface area contributed by atoms with Gasteiger partial charge in [-0.2, -0.15) is 0 Å². The molecule has 7 nitrogen and oxygen atoms in total. The van der Waals surface area contributed by atoms with Gasteiger partial charge in [-0.1, -0.05) is 0 Å². The minimum absolute atomic E-state index is 0.0512. The Kier molecular flexibility index (Phi) is 3.13. The van der Waals surface area contributed by atoms with Gasteiger partial charge in [-0.25, -0.2) is 4.98 Å². The van der Waals surface area contributed by atoms with Crippen molar-refractivity contribution in [2.75, 3.05) is 18.7 Å². The molecule has 4 rings (SSSR count). The summed E-state index contributed by atoms with van der Waals surface area (Å²) in [6.45, 7) is 0.193. The number of fused-ring (bicyclic) bond motifs is 2. The number of amides is 1. The van der Waals surface area contributed by atoms with Crippen molar-refractivity contribution in [1.82, 2.24) is 9.38 Å². The Bertz CT molecular complexity index is 903. The van der Waals surface area contributed by atoms with Crippen LogP contribution in [0, 0.1) is 0 Å². The van der Waals surface area contributed by atoms with Crippen LogP contribution in [0.3, 0.4) is 0 Å². The van der Waals surface area contributed by atoms with Gasteiger partial charge < -0.3 is 24.9 Å². The fraction of sp³-hybridized carbons (Fsp3) is 0.125. The van der Waals surface area contributed by atoms with Crippen LogP contribution in [0.2, 0.25) is 0 Å². The van der Waals surface area contributed by atoms with E-state index in [9.17, 15) is 4.79 Å². The van der Waals surface area contributed by atoms with Crippen molar-refractivity contribution in [2.45, 2.75) is 0 Å². The quantitative estimate of drug-likeness (QED) is 0.767. The molecule has 0 bridgehead atoms. The number of ether oxygens (including phenoxy) is 2. The second kappa shape index (κ2) is 5.29. The number of carbonyl (C=O) groups is 1. The fourth-order valence-electron chi connectivity index (χ4n) is 2.47. The highest BCUT2D eigenvalue weighted by Gasteiger charge is 2.15. The second-order valence-electron chi connectivity index (χ2n) is 5.13. The molecule has 2 aromatic heterocycles. The molecule has 0 fully saturated rings. The van der Waals surface area contributed by atoms with E-state index in [1.54, 1.807) is 12.3 Å². The Hall–Kier alpha value is -3.06. The van der Waals surface area contributed by atoms with Crippen LogP contribution in [0.5, 0.6) is 11.5 Å². The molecule has 3 aromatic rings. The fourth-order valence-corrected chi connectivity index (χ4v) is 2.47. The summed E-state index contributed by atoms with van der Waals surface area (Å²) in [5, 5.41) is 2.72.